The average Bonchev–Trinajstić information content (AvgIpc) is 3.05. The van der Waals surface area contributed by atoms with E-state index in [1.54, 1.807) is 6.07 Å². The molecule has 1 heterocycles. The molecule has 1 aliphatic heterocycles. The summed E-state index contributed by atoms with van der Waals surface area (Å²) in [5.41, 5.74) is 7.57. The van der Waals surface area contributed by atoms with Crippen LogP contribution < -0.4 is 20.7 Å². The van der Waals surface area contributed by atoms with Gasteiger partial charge in [0.05, 0.1) is 23.4 Å². The van der Waals surface area contributed by atoms with Gasteiger partial charge in [-0.2, -0.15) is 0 Å². The van der Waals surface area contributed by atoms with Crippen LogP contribution in [0, 0.1) is 0 Å². The molecule has 7 heteroatoms. The first-order chi connectivity index (χ1) is 12.0. The van der Waals surface area contributed by atoms with Crippen molar-refractivity contribution < 1.29 is 9.53 Å². The molecule has 0 aliphatic carbocycles. The molecule has 1 saturated heterocycles. The van der Waals surface area contributed by atoms with E-state index in [4.69, 9.17) is 33.7 Å². The number of benzene rings is 2. The monoisotopic (exact) mass is 379 g/mol. The number of carbonyl (C=O) groups is 1. The number of nitrogens with zero attached hydrogens (tertiary/aromatic N) is 1. The van der Waals surface area contributed by atoms with Crippen LogP contribution >= 0.6 is 23.2 Å². The lowest BCUT2D eigenvalue weighted by Gasteiger charge is -2.19. The quantitative estimate of drug-likeness (QED) is 0.796. The molecule has 2 aromatic carbocycles. The van der Waals surface area contributed by atoms with Gasteiger partial charge in [0.2, 0.25) is 0 Å². The van der Waals surface area contributed by atoms with Crippen molar-refractivity contribution in [3.63, 3.8) is 0 Å². The molecule has 132 valence electrons. The number of nitrogens with two attached hydrogens (primary N) is 1. The van der Waals surface area contributed by atoms with Crippen molar-refractivity contribution >= 4 is 40.5 Å². The third-order valence-corrected chi connectivity index (χ3v) is 4.82. The third-order valence-electron chi connectivity index (χ3n) is 4.26. The van der Waals surface area contributed by atoms with Gasteiger partial charge in [-0.3, -0.25) is 4.79 Å². The second kappa shape index (κ2) is 7.42. The highest BCUT2D eigenvalue weighted by molar-refractivity contribution is 6.33. The van der Waals surface area contributed by atoms with E-state index in [0.29, 0.717) is 27.0 Å². The molecule has 1 amide bonds. The second-order valence-electron chi connectivity index (χ2n) is 5.96. The molecule has 0 saturated carbocycles. The molecule has 1 fully saturated rings. The Bertz CT molecular complexity index is 798. The Morgan fingerprint density at radius 1 is 1.32 bits per heavy atom. The van der Waals surface area contributed by atoms with Crippen LogP contribution in [0.25, 0.3) is 0 Å². The minimum Gasteiger partial charge on any atom is -0.496 e. The van der Waals surface area contributed by atoms with E-state index in [-0.39, 0.29) is 11.9 Å². The first-order valence-corrected chi connectivity index (χ1v) is 8.68. The van der Waals surface area contributed by atoms with Crippen LogP contribution in [-0.4, -0.2) is 32.1 Å². The predicted octanol–water partition coefficient (Wildman–Crippen LogP) is 3.59. The van der Waals surface area contributed by atoms with Gasteiger partial charge in [-0.05, 0) is 30.7 Å². The van der Waals surface area contributed by atoms with Crippen LogP contribution in [0.1, 0.15) is 16.8 Å². The SMILES string of the molecule is COc1cc(N)c(Cl)cc1C(=O)NC1CCN(c2cccc(Cl)c2)C1. The van der Waals surface area contributed by atoms with Gasteiger partial charge >= 0.3 is 0 Å². The standard InChI is InChI=1S/C18H19Cl2N3O2/c1-25-17-9-16(21)15(20)8-14(17)18(24)22-12-5-6-23(10-12)13-4-2-3-11(19)7-13/h2-4,7-9,12H,5-6,10,21H2,1H3,(H,22,24). The minimum atomic E-state index is -0.225. The van der Waals surface area contributed by atoms with E-state index in [0.717, 1.165) is 25.2 Å². The summed E-state index contributed by atoms with van der Waals surface area (Å²) < 4.78 is 5.25. The Morgan fingerprint density at radius 2 is 2.12 bits per heavy atom. The minimum absolute atomic E-state index is 0.0347. The summed E-state index contributed by atoms with van der Waals surface area (Å²) in [6.07, 6.45) is 0.850. The average molecular weight is 380 g/mol. The van der Waals surface area contributed by atoms with Crippen LogP contribution in [-0.2, 0) is 0 Å². The van der Waals surface area contributed by atoms with E-state index < -0.39 is 0 Å². The fraction of sp³-hybridized carbons (Fsp3) is 0.278. The van der Waals surface area contributed by atoms with E-state index in [9.17, 15) is 4.79 Å². The van der Waals surface area contributed by atoms with E-state index >= 15 is 0 Å². The van der Waals surface area contributed by atoms with Crippen molar-refractivity contribution in [3.8, 4) is 5.75 Å². The Balaban J connectivity index is 1.69. The van der Waals surface area contributed by atoms with Crippen molar-refractivity contribution in [1.29, 1.82) is 0 Å². The molecular weight excluding hydrogens is 361 g/mol. The number of halogens is 2. The molecule has 25 heavy (non-hydrogen) atoms. The van der Waals surface area contributed by atoms with Gasteiger partial charge in [-0.25, -0.2) is 0 Å². The van der Waals surface area contributed by atoms with Gasteiger partial charge < -0.3 is 20.7 Å². The highest BCUT2D eigenvalue weighted by atomic mass is 35.5. The molecule has 0 aromatic heterocycles. The molecule has 1 aliphatic rings. The highest BCUT2D eigenvalue weighted by Crippen LogP contribution is 2.29. The normalized spacial score (nSPS) is 16.8. The number of carbonyl (C=O) groups excluding carboxylic acids is 1. The van der Waals surface area contributed by atoms with Gasteiger partial charge in [-0.15, -0.1) is 0 Å². The van der Waals surface area contributed by atoms with Crippen molar-refractivity contribution in [1.82, 2.24) is 5.32 Å². The van der Waals surface area contributed by atoms with Crippen LogP contribution in [0.5, 0.6) is 5.75 Å². The predicted molar refractivity (Wildman–Crippen MR) is 102 cm³/mol. The van der Waals surface area contributed by atoms with E-state index in [1.807, 2.05) is 24.3 Å². The topological polar surface area (TPSA) is 67.6 Å². The lowest BCUT2D eigenvalue weighted by Crippen LogP contribution is -2.37. The summed E-state index contributed by atoms with van der Waals surface area (Å²) in [4.78, 5) is 14.8. The molecule has 3 N–H and O–H groups in total. The number of rotatable bonds is 4. The first kappa shape index (κ1) is 17.7. The number of anilines is 2. The molecule has 0 spiro atoms. The molecule has 1 unspecified atom stereocenters. The third kappa shape index (κ3) is 3.94. The van der Waals surface area contributed by atoms with Crippen molar-refractivity contribution in [2.24, 2.45) is 0 Å². The van der Waals surface area contributed by atoms with Crippen LogP contribution in [0.2, 0.25) is 10.0 Å². The van der Waals surface area contributed by atoms with E-state index in [1.165, 1.54) is 13.2 Å². The molecule has 3 rings (SSSR count). The van der Waals surface area contributed by atoms with Crippen molar-refractivity contribution in [2.75, 3.05) is 30.8 Å². The summed E-state index contributed by atoms with van der Waals surface area (Å²) in [6.45, 7) is 1.57. The largest absolute Gasteiger partial charge is 0.496 e. The van der Waals surface area contributed by atoms with Crippen LogP contribution in [0.15, 0.2) is 36.4 Å². The Hall–Kier alpha value is -2.11. The number of amides is 1. The zero-order valence-corrected chi connectivity index (χ0v) is 15.3. The molecule has 0 radical (unpaired) electrons. The molecule has 2 aromatic rings. The van der Waals surface area contributed by atoms with Crippen molar-refractivity contribution in [3.05, 3.63) is 52.0 Å². The number of ether oxygens (including phenoxy) is 1. The summed E-state index contributed by atoms with van der Waals surface area (Å²) in [7, 11) is 1.50. The number of hydrogen-bond donors (Lipinski definition) is 2. The number of hydrogen-bond acceptors (Lipinski definition) is 4. The number of nitrogen functional groups attached to an aromatic ring is 1. The second-order valence-corrected chi connectivity index (χ2v) is 6.80. The molecule has 5 nitrogen and oxygen atoms in total. The maximum absolute atomic E-state index is 12.6. The Labute approximate surface area is 156 Å². The molecular formula is C18H19Cl2N3O2. The van der Waals surface area contributed by atoms with E-state index in [2.05, 4.69) is 10.2 Å². The van der Waals surface area contributed by atoms with Gasteiger partial charge in [-0.1, -0.05) is 29.3 Å². The van der Waals surface area contributed by atoms with Crippen LogP contribution in [0.3, 0.4) is 0 Å². The lowest BCUT2D eigenvalue weighted by molar-refractivity contribution is 0.0937. The Morgan fingerprint density at radius 3 is 2.84 bits per heavy atom. The lowest BCUT2D eigenvalue weighted by atomic mass is 10.1. The van der Waals surface area contributed by atoms with Gasteiger partial charge in [0.1, 0.15) is 5.75 Å². The summed E-state index contributed by atoms with van der Waals surface area (Å²) in [5, 5.41) is 4.07. The zero-order valence-electron chi connectivity index (χ0n) is 13.8. The highest BCUT2D eigenvalue weighted by Gasteiger charge is 2.26. The van der Waals surface area contributed by atoms with Gasteiger partial charge in [0.25, 0.3) is 5.91 Å². The Kier molecular flexibility index (Phi) is 5.25. The first-order valence-electron chi connectivity index (χ1n) is 7.92. The molecule has 1 atom stereocenters. The fourth-order valence-corrected chi connectivity index (χ4v) is 3.31. The van der Waals surface area contributed by atoms with Crippen molar-refractivity contribution in [2.45, 2.75) is 12.5 Å². The summed E-state index contributed by atoms with van der Waals surface area (Å²) >= 11 is 12.1. The maximum Gasteiger partial charge on any atom is 0.255 e. The maximum atomic E-state index is 12.6. The zero-order chi connectivity index (χ0) is 18.0. The smallest absolute Gasteiger partial charge is 0.255 e. The number of methoxy groups -OCH3 is 1. The van der Waals surface area contributed by atoms with Crippen LogP contribution in [0.4, 0.5) is 11.4 Å². The fourth-order valence-electron chi connectivity index (χ4n) is 2.96. The summed E-state index contributed by atoms with van der Waals surface area (Å²) in [5.74, 6) is 0.181. The summed E-state index contributed by atoms with van der Waals surface area (Å²) in [6, 6.07) is 10.8. The molecule has 0 bridgehead atoms. The van der Waals surface area contributed by atoms with Gasteiger partial charge in [0, 0.05) is 35.9 Å². The number of nitrogens with one attached hydrogen (secondary N) is 1. The van der Waals surface area contributed by atoms with Gasteiger partial charge in [0.15, 0.2) is 0 Å².